The van der Waals surface area contributed by atoms with E-state index in [1.165, 1.54) is 5.56 Å². The summed E-state index contributed by atoms with van der Waals surface area (Å²) in [5, 5.41) is 4.40. The van der Waals surface area contributed by atoms with Crippen molar-refractivity contribution >= 4 is 11.3 Å². The molecular formula is C18H22N2O2S. The second-order valence-electron chi connectivity index (χ2n) is 6.29. The van der Waals surface area contributed by atoms with Gasteiger partial charge in [0.15, 0.2) is 0 Å². The largest absolute Gasteiger partial charge is 0.373 e. The van der Waals surface area contributed by atoms with Gasteiger partial charge in [0.05, 0.1) is 25.4 Å². The highest BCUT2D eigenvalue weighted by Crippen LogP contribution is 2.33. The van der Waals surface area contributed by atoms with Gasteiger partial charge in [0, 0.05) is 31.5 Å². The van der Waals surface area contributed by atoms with Crippen molar-refractivity contribution in [3.05, 3.63) is 52.5 Å². The SMILES string of the molecule is c1cncc(CO[C@H]2CC[C@H]3[C@H]2OCCN3Cc2ccsc2)c1. The highest BCUT2D eigenvalue weighted by atomic mass is 32.1. The fourth-order valence-corrected chi connectivity index (χ4v) is 4.33. The molecule has 1 aliphatic heterocycles. The van der Waals surface area contributed by atoms with Crippen LogP contribution in [0.1, 0.15) is 24.0 Å². The number of hydrogen-bond donors (Lipinski definition) is 0. The summed E-state index contributed by atoms with van der Waals surface area (Å²) in [6.45, 7) is 3.48. The molecule has 2 aliphatic rings. The number of nitrogens with zero attached hydrogens (tertiary/aromatic N) is 2. The summed E-state index contributed by atoms with van der Waals surface area (Å²) >= 11 is 1.77. The van der Waals surface area contributed by atoms with Crippen molar-refractivity contribution in [2.75, 3.05) is 13.2 Å². The molecule has 4 nitrogen and oxygen atoms in total. The number of morpholine rings is 1. The van der Waals surface area contributed by atoms with Crippen LogP contribution in [0.25, 0.3) is 0 Å². The molecule has 1 saturated carbocycles. The van der Waals surface area contributed by atoms with Gasteiger partial charge in [0.1, 0.15) is 0 Å². The minimum Gasteiger partial charge on any atom is -0.373 e. The number of pyridine rings is 1. The Morgan fingerprint density at radius 3 is 3.13 bits per heavy atom. The van der Waals surface area contributed by atoms with Gasteiger partial charge in [-0.2, -0.15) is 11.3 Å². The number of ether oxygens (including phenoxy) is 2. The number of fused-ring (bicyclic) bond motifs is 1. The molecule has 0 N–H and O–H groups in total. The topological polar surface area (TPSA) is 34.6 Å². The Labute approximate surface area is 141 Å². The maximum atomic E-state index is 6.15. The highest BCUT2D eigenvalue weighted by Gasteiger charge is 2.43. The molecule has 0 aromatic carbocycles. The van der Waals surface area contributed by atoms with E-state index in [9.17, 15) is 0 Å². The lowest BCUT2D eigenvalue weighted by atomic mass is 10.1. The summed E-state index contributed by atoms with van der Waals surface area (Å²) in [7, 11) is 0. The molecule has 23 heavy (non-hydrogen) atoms. The summed E-state index contributed by atoms with van der Waals surface area (Å²) in [6, 6.07) is 6.72. The molecule has 2 fully saturated rings. The Morgan fingerprint density at radius 2 is 2.30 bits per heavy atom. The first-order valence-corrected chi connectivity index (χ1v) is 9.21. The van der Waals surface area contributed by atoms with Crippen LogP contribution in [-0.2, 0) is 22.6 Å². The standard InChI is InChI=1S/C18H22N2O2S/c1-2-14(10-19-6-1)12-22-17-4-3-16-18(17)21-8-7-20(16)11-15-5-9-23-13-15/h1-2,5-6,9-10,13,16-18H,3-4,7-8,11-12H2/t16-,17-,18+/m0/s1. The maximum absolute atomic E-state index is 6.15. The molecule has 0 unspecified atom stereocenters. The first-order chi connectivity index (χ1) is 11.4. The van der Waals surface area contributed by atoms with Crippen LogP contribution in [0.2, 0.25) is 0 Å². The van der Waals surface area contributed by atoms with E-state index < -0.39 is 0 Å². The molecule has 5 heteroatoms. The Balaban J connectivity index is 1.37. The average molecular weight is 330 g/mol. The average Bonchev–Trinajstić information content (AvgIpc) is 3.24. The van der Waals surface area contributed by atoms with Crippen molar-refractivity contribution in [1.82, 2.24) is 9.88 Å². The fraction of sp³-hybridized carbons (Fsp3) is 0.500. The van der Waals surface area contributed by atoms with Gasteiger partial charge >= 0.3 is 0 Å². The number of hydrogen-bond acceptors (Lipinski definition) is 5. The zero-order valence-electron chi connectivity index (χ0n) is 13.1. The van der Waals surface area contributed by atoms with Gasteiger partial charge in [-0.25, -0.2) is 0 Å². The van der Waals surface area contributed by atoms with Crippen molar-refractivity contribution in [2.45, 2.75) is 44.2 Å². The molecule has 0 bridgehead atoms. The van der Waals surface area contributed by atoms with E-state index in [-0.39, 0.29) is 12.2 Å². The molecular weight excluding hydrogens is 308 g/mol. The Hall–Kier alpha value is -1.27. The summed E-state index contributed by atoms with van der Waals surface area (Å²) in [5.41, 5.74) is 2.54. The van der Waals surface area contributed by atoms with Crippen molar-refractivity contribution in [1.29, 1.82) is 0 Å². The van der Waals surface area contributed by atoms with Crippen molar-refractivity contribution in [3.63, 3.8) is 0 Å². The molecule has 2 aromatic heterocycles. The van der Waals surface area contributed by atoms with Gasteiger partial charge in [-0.1, -0.05) is 6.07 Å². The minimum atomic E-state index is 0.200. The monoisotopic (exact) mass is 330 g/mol. The van der Waals surface area contributed by atoms with Crippen LogP contribution in [-0.4, -0.2) is 41.3 Å². The lowest BCUT2D eigenvalue weighted by molar-refractivity contribution is -0.118. The van der Waals surface area contributed by atoms with Crippen LogP contribution in [0, 0.1) is 0 Å². The van der Waals surface area contributed by atoms with Gasteiger partial charge in [-0.15, -0.1) is 0 Å². The molecule has 0 amide bonds. The van der Waals surface area contributed by atoms with E-state index >= 15 is 0 Å². The van der Waals surface area contributed by atoms with Gasteiger partial charge in [-0.3, -0.25) is 9.88 Å². The molecule has 3 atom stereocenters. The summed E-state index contributed by atoms with van der Waals surface area (Å²) < 4.78 is 12.2. The molecule has 4 rings (SSSR count). The number of rotatable bonds is 5. The van der Waals surface area contributed by atoms with Crippen molar-refractivity contribution in [3.8, 4) is 0 Å². The number of thiophene rings is 1. The lowest BCUT2D eigenvalue weighted by Gasteiger charge is -2.39. The third kappa shape index (κ3) is 3.48. The predicted molar refractivity (Wildman–Crippen MR) is 90.3 cm³/mol. The third-order valence-corrected chi connectivity index (χ3v) is 5.54. The molecule has 0 spiro atoms. The van der Waals surface area contributed by atoms with Gasteiger partial charge < -0.3 is 9.47 Å². The van der Waals surface area contributed by atoms with E-state index in [2.05, 4.69) is 32.8 Å². The first kappa shape index (κ1) is 15.3. The van der Waals surface area contributed by atoms with Crippen LogP contribution >= 0.6 is 11.3 Å². The van der Waals surface area contributed by atoms with Gasteiger partial charge in [0.2, 0.25) is 0 Å². The molecule has 1 aliphatic carbocycles. The molecule has 2 aromatic rings. The fourth-order valence-electron chi connectivity index (χ4n) is 3.67. The van der Waals surface area contributed by atoms with E-state index in [1.54, 1.807) is 17.5 Å². The van der Waals surface area contributed by atoms with Crippen LogP contribution in [0.3, 0.4) is 0 Å². The van der Waals surface area contributed by atoms with E-state index in [4.69, 9.17) is 9.47 Å². The second-order valence-corrected chi connectivity index (χ2v) is 7.07. The van der Waals surface area contributed by atoms with E-state index in [0.29, 0.717) is 12.6 Å². The zero-order valence-corrected chi connectivity index (χ0v) is 14.0. The Kier molecular flexibility index (Phi) is 4.71. The molecule has 0 radical (unpaired) electrons. The normalized spacial score (nSPS) is 27.9. The quantitative estimate of drug-likeness (QED) is 0.844. The molecule has 3 heterocycles. The minimum absolute atomic E-state index is 0.200. The Bertz CT molecular complexity index is 605. The summed E-state index contributed by atoms with van der Waals surface area (Å²) in [6.07, 6.45) is 6.31. The lowest BCUT2D eigenvalue weighted by Crippen LogP contribution is -2.51. The molecule has 1 saturated heterocycles. The smallest absolute Gasteiger partial charge is 0.0992 e. The van der Waals surface area contributed by atoms with E-state index in [0.717, 1.165) is 38.1 Å². The van der Waals surface area contributed by atoms with Crippen LogP contribution in [0.4, 0.5) is 0 Å². The van der Waals surface area contributed by atoms with Crippen LogP contribution < -0.4 is 0 Å². The van der Waals surface area contributed by atoms with Crippen molar-refractivity contribution < 1.29 is 9.47 Å². The van der Waals surface area contributed by atoms with E-state index in [1.807, 2.05) is 12.3 Å². The third-order valence-electron chi connectivity index (χ3n) is 4.80. The maximum Gasteiger partial charge on any atom is 0.0992 e. The Morgan fingerprint density at radius 1 is 1.30 bits per heavy atom. The van der Waals surface area contributed by atoms with Crippen molar-refractivity contribution in [2.24, 2.45) is 0 Å². The predicted octanol–water partition coefficient (Wildman–Crippen LogP) is 3.09. The number of aromatic nitrogens is 1. The van der Waals surface area contributed by atoms with Gasteiger partial charge in [0.25, 0.3) is 0 Å². The summed E-state index contributed by atoms with van der Waals surface area (Å²) in [5.74, 6) is 0. The van der Waals surface area contributed by atoms with Crippen LogP contribution in [0.5, 0.6) is 0 Å². The first-order valence-electron chi connectivity index (χ1n) is 8.27. The molecule has 122 valence electrons. The van der Waals surface area contributed by atoms with Crippen LogP contribution in [0.15, 0.2) is 41.4 Å². The highest BCUT2D eigenvalue weighted by molar-refractivity contribution is 7.07. The summed E-state index contributed by atoms with van der Waals surface area (Å²) in [4.78, 5) is 6.72. The zero-order chi connectivity index (χ0) is 15.5. The second kappa shape index (κ2) is 7.09. The van der Waals surface area contributed by atoms with Gasteiger partial charge in [-0.05, 0) is 46.9 Å².